The Balaban J connectivity index is 1.96. The summed E-state index contributed by atoms with van der Waals surface area (Å²) in [6.07, 6.45) is 3.14. The van der Waals surface area contributed by atoms with Crippen molar-refractivity contribution in [3.05, 3.63) is 67.0 Å². The summed E-state index contributed by atoms with van der Waals surface area (Å²) in [5, 5.41) is 0. The third-order valence-electron chi connectivity index (χ3n) is 5.48. The normalized spacial score (nSPS) is 11.2. The van der Waals surface area contributed by atoms with E-state index >= 15 is 0 Å². The van der Waals surface area contributed by atoms with Gasteiger partial charge in [-0.3, -0.25) is 0 Å². The van der Waals surface area contributed by atoms with Gasteiger partial charge < -0.3 is 24.7 Å². The summed E-state index contributed by atoms with van der Waals surface area (Å²) >= 11 is 0. The van der Waals surface area contributed by atoms with Crippen molar-refractivity contribution in [1.29, 1.82) is 0 Å². The van der Waals surface area contributed by atoms with Crippen molar-refractivity contribution in [3.63, 3.8) is 0 Å². The topological polar surface area (TPSA) is 115 Å². The van der Waals surface area contributed by atoms with Crippen molar-refractivity contribution >= 4 is 15.8 Å². The highest BCUT2D eigenvalue weighted by atomic mass is 32.2. The first-order valence-corrected chi connectivity index (χ1v) is 11.9. The van der Waals surface area contributed by atoms with Crippen LogP contribution in [0.25, 0.3) is 22.4 Å². The van der Waals surface area contributed by atoms with E-state index < -0.39 is 10.0 Å². The molecule has 2 heterocycles. The number of hydrogen-bond acceptors (Lipinski definition) is 8. The van der Waals surface area contributed by atoms with Gasteiger partial charge in [-0.15, -0.1) is 0 Å². The second kappa shape index (κ2) is 9.59. The Hall–Kier alpha value is -4.18. The number of methoxy groups -OCH3 is 4. The van der Waals surface area contributed by atoms with Gasteiger partial charge >= 0.3 is 0 Å². The summed E-state index contributed by atoms with van der Waals surface area (Å²) in [6, 6.07) is 14.8. The molecule has 4 rings (SSSR count). The Bertz CT molecular complexity index is 1420. The van der Waals surface area contributed by atoms with Crippen molar-refractivity contribution in [2.24, 2.45) is 0 Å². The number of pyridine rings is 1. The number of ether oxygens (including phenoxy) is 4. The molecule has 9 nitrogen and oxygen atoms in total. The van der Waals surface area contributed by atoms with Gasteiger partial charge in [0, 0.05) is 29.1 Å². The minimum atomic E-state index is -3.99. The SMILES string of the molecule is COc1ccc(S(=O)(=O)n2cc(-c3ccc(N)nc3)cc2-c2cc(OC)c(OC)c(OC)c2)cc1. The number of hydrogen-bond donors (Lipinski definition) is 1. The molecule has 0 aliphatic heterocycles. The first kappa shape index (κ1) is 24.0. The van der Waals surface area contributed by atoms with Crippen LogP contribution >= 0.6 is 0 Å². The van der Waals surface area contributed by atoms with Gasteiger partial charge in [0.25, 0.3) is 10.0 Å². The lowest BCUT2D eigenvalue weighted by Crippen LogP contribution is -2.13. The Morgan fingerprint density at radius 1 is 0.771 bits per heavy atom. The molecule has 0 atom stereocenters. The van der Waals surface area contributed by atoms with Gasteiger partial charge in [0.2, 0.25) is 5.75 Å². The third kappa shape index (κ3) is 4.47. The molecule has 0 aliphatic carbocycles. The molecule has 2 aromatic heterocycles. The number of nitrogens with two attached hydrogens (primary N) is 1. The van der Waals surface area contributed by atoms with Gasteiger partial charge in [0.1, 0.15) is 11.6 Å². The maximum Gasteiger partial charge on any atom is 0.268 e. The number of rotatable bonds is 8. The third-order valence-corrected chi connectivity index (χ3v) is 7.17. The van der Waals surface area contributed by atoms with Gasteiger partial charge in [-0.05, 0) is 54.6 Å². The molecule has 0 amide bonds. The first-order chi connectivity index (χ1) is 16.8. The van der Waals surface area contributed by atoms with E-state index in [4.69, 9.17) is 24.7 Å². The number of nitrogen functional groups attached to an aromatic ring is 1. The second-order valence-electron chi connectivity index (χ2n) is 7.48. The molecule has 4 aromatic rings. The van der Waals surface area contributed by atoms with E-state index in [9.17, 15) is 8.42 Å². The summed E-state index contributed by atoms with van der Waals surface area (Å²) in [7, 11) is 2.03. The zero-order chi connectivity index (χ0) is 25.2. The predicted octanol–water partition coefficient (Wildman–Crippen LogP) is 4.07. The molecular formula is C25H25N3O6S. The number of benzene rings is 2. The molecule has 2 aromatic carbocycles. The summed E-state index contributed by atoms with van der Waals surface area (Å²) < 4.78 is 50.3. The van der Waals surface area contributed by atoms with Gasteiger partial charge in [0.15, 0.2) is 11.5 Å². The van der Waals surface area contributed by atoms with Crippen LogP contribution in [-0.4, -0.2) is 45.8 Å². The molecule has 0 saturated heterocycles. The van der Waals surface area contributed by atoms with E-state index in [1.807, 2.05) is 0 Å². The highest BCUT2D eigenvalue weighted by Gasteiger charge is 2.24. The van der Waals surface area contributed by atoms with Crippen LogP contribution in [-0.2, 0) is 10.0 Å². The largest absolute Gasteiger partial charge is 0.497 e. The van der Waals surface area contributed by atoms with Crippen molar-refractivity contribution in [2.75, 3.05) is 34.2 Å². The van der Waals surface area contributed by atoms with Gasteiger partial charge in [-0.2, -0.15) is 0 Å². The monoisotopic (exact) mass is 495 g/mol. The fraction of sp³-hybridized carbons (Fsp3) is 0.160. The van der Waals surface area contributed by atoms with Crippen molar-refractivity contribution < 1.29 is 27.4 Å². The Morgan fingerprint density at radius 3 is 1.94 bits per heavy atom. The minimum absolute atomic E-state index is 0.101. The lowest BCUT2D eigenvalue weighted by atomic mass is 10.1. The van der Waals surface area contributed by atoms with Crippen LogP contribution in [0.5, 0.6) is 23.0 Å². The molecule has 0 unspecified atom stereocenters. The Kier molecular flexibility index (Phi) is 6.57. The summed E-state index contributed by atoms with van der Waals surface area (Å²) in [4.78, 5) is 4.23. The van der Waals surface area contributed by atoms with Gasteiger partial charge in [-0.25, -0.2) is 17.4 Å². The van der Waals surface area contributed by atoms with E-state index in [0.29, 0.717) is 51.2 Å². The number of anilines is 1. The first-order valence-electron chi connectivity index (χ1n) is 10.5. The van der Waals surface area contributed by atoms with Crippen LogP contribution in [0.3, 0.4) is 0 Å². The molecule has 35 heavy (non-hydrogen) atoms. The lowest BCUT2D eigenvalue weighted by molar-refractivity contribution is 0.324. The van der Waals surface area contributed by atoms with E-state index in [1.165, 1.54) is 44.5 Å². The van der Waals surface area contributed by atoms with Crippen LogP contribution in [0.15, 0.2) is 71.9 Å². The molecule has 0 radical (unpaired) electrons. The Labute approximate surface area is 203 Å². The van der Waals surface area contributed by atoms with E-state index in [2.05, 4.69) is 4.98 Å². The maximum absolute atomic E-state index is 13.8. The molecule has 0 spiro atoms. The van der Waals surface area contributed by atoms with Gasteiger partial charge in [0.05, 0.1) is 39.0 Å². The standard InChI is InChI=1S/C25H25N3O6S/c1-31-19-6-8-20(9-7-19)35(29,30)28-15-18(16-5-10-24(26)27-14-16)11-21(28)17-12-22(32-2)25(34-4)23(13-17)33-3/h5-15H,1-4H3,(H2,26,27). The van der Waals surface area contributed by atoms with Crippen LogP contribution < -0.4 is 24.7 Å². The number of nitrogens with zero attached hydrogens (tertiary/aromatic N) is 2. The zero-order valence-electron chi connectivity index (χ0n) is 19.7. The molecular weight excluding hydrogens is 470 g/mol. The zero-order valence-corrected chi connectivity index (χ0v) is 20.5. The van der Waals surface area contributed by atoms with E-state index in [0.717, 1.165) is 0 Å². The van der Waals surface area contributed by atoms with E-state index in [-0.39, 0.29) is 4.90 Å². The fourth-order valence-electron chi connectivity index (χ4n) is 3.68. The summed E-state index contributed by atoms with van der Waals surface area (Å²) in [5.74, 6) is 2.11. The predicted molar refractivity (Wildman–Crippen MR) is 133 cm³/mol. The van der Waals surface area contributed by atoms with Crippen LogP contribution in [0.1, 0.15) is 0 Å². The minimum Gasteiger partial charge on any atom is -0.497 e. The lowest BCUT2D eigenvalue weighted by Gasteiger charge is -2.16. The molecule has 182 valence electrons. The molecule has 0 bridgehead atoms. The summed E-state index contributed by atoms with van der Waals surface area (Å²) in [5.41, 5.74) is 8.01. The smallest absolute Gasteiger partial charge is 0.268 e. The van der Waals surface area contributed by atoms with Crippen molar-refractivity contribution in [1.82, 2.24) is 8.96 Å². The molecule has 0 aliphatic rings. The van der Waals surface area contributed by atoms with Crippen molar-refractivity contribution in [2.45, 2.75) is 4.90 Å². The molecule has 10 heteroatoms. The van der Waals surface area contributed by atoms with Gasteiger partial charge in [-0.1, -0.05) is 0 Å². The average molecular weight is 496 g/mol. The fourth-order valence-corrected chi connectivity index (χ4v) is 5.05. The van der Waals surface area contributed by atoms with Crippen LogP contribution in [0.4, 0.5) is 5.82 Å². The second-order valence-corrected chi connectivity index (χ2v) is 9.29. The number of aromatic nitrogens is 2. The highest BCUT2D eigenvalue weighted by Crippen LogP contribution is 2.42. The maximum atomic E-state index is 13.8. The van der Waals surface area contributed by atoms with Crippen LogP contribution in [0.2, 0.25) is 0 Å². The van der Waals surface area contributed by atoms with Crippen molar-refractivity contribution in [3.8, 4) is 45.4 Å². The Morgan fingerprint density at radius 2 is 1.43 bits per heavy atom. The molecule has 2 N–H and O–H groups in total. The average Bonchev–Trinajstić information content (AvgIpc) is 3.34. The highest BCUT2D eigenvalue weighted by molar-refractivity contribution is 7.90. The molecule has 0 fully saturated rings. The molecule has 0 saturated carbocycles. The van der Waals surface area contributed by atoms with Crippen LogP contribution in [0, 0.1) is 0 Å². The quantitative estimate of drug-likeness (QED) is 0.389. The summed E-state index contributed by atoms with van der Waals surface area (Å²) in [6.45, 7) is 0. The van der Waals surface area contributed by atoms with E-state index in [1.54, 1.807) is 54.9 Å².